The minimum Gasteiger partial charge on any atom is -0.383 e. The highest BCUT2D eigenvalue weighted by atomic mass is 32.1. The Labute approximate surface area is 139 Å². The summed E-state index contributed by atoms with van der Waals surface area (Å²) < 4.78 is 5.01. The van der Waals surface area contributed by atoms with Crippen LogP contribution in [0.25, 0.3) is 0 Å². The Morgan fingerprint density at radius 2 is 1.86 bits per heavy atom. The number of thiocarbonyl (C=S) groups is 1. The van der Waals surface area contributed by atoms with Crippen molar-refractivity contribution in [2.75, 3.05) is 33.4 Å². The smallest absolute Gasteiger partial charge is 0.223 e. The number of nitrogens with one attached hydrogen (secondary N) is 2. The monoisotopic (exact) mass is 327 g/mol. The third-order valence-corrected chi connectivity index (χ3v) is 5.09. The van der Waals surface area contributed by atoms with Crippen LogP contribution in [-0.2, 0) is 9.53 Å². The van der Waals surface area contributed by atoms with E-state index in [0.29, 0.717) is 12.6 Å². The van der Waals surface area contributed by atoms with E-state index in [1.807, 2.05) is 0 Å². The van der Waals surface area contributed by atoms with Gasteiger partial charge in [0.05, 0.1) is 6.61 Å². The van der Waals surface area contributed by atoms with Crippen molar-refractivity contribution < 1.29 is 9.53 Å². The van der Waals surface area contributed by atoms with Gasteiger partial charge in [-0.1, -0.05) is 19.3 Å². The van der Waals surface area contributed by atoms with Crippen molar-refractivity contribution in [1.29, 1.82) is 0 Å². The molecule has 0 aromatic carbocycles. The van der Waals surface area contributed by atoms with Gasteiger partial charge in [-0.2, -0.15) is 0 Å². The molecule has 0 aromatic rings. The van der Waals surface area contributed by atoms with Crippen molar-refractivity contribution >= 4 is 23.2 Å². The lowest BCUT2D eigenvalue weighted by Crippen LogP contribution is -2.50. The average Bonchev–Trinajstić information content (AvgIpc) is 2.56. The zero-order valence-electron chi connectivity index (χ0n) is 13.6. The molecule has 2 N–H and O–H groups in total. The van der Waals surface area contributed by atoms with Crippen LogP contribution >= 0.6 is 12.2 Å². The van der Waals surface area contributed by atoms with E-state index in [2.05, 4.69) is 15.5 Å². The zero-order chi connectivity index (χ0) is 15.8. The number of hydrogen-bond donors (Lipinski definition) is 2. The molecule has 1 amide bonds. The van der Waals surface area contributed by atoms with Gasteiger partial charge in [0.1, 0.15) is 0 Å². The lowest BCUT2D eigenvalue weighted by Gasteiger charge is -2.35. The summed E-state index contributed by atoms with van der Waals surface area (Å²) in [7, 11) is 1.69. The molecule has 0 atom stereocenters. The van der Waals surface area contributed by atoms with E-state index in [9.17, 15) is 4.79 Å². The number of piperidine rings is 1. The molecule has 126 valence electrons. The van der Waals surface area contributed by atoms with Gasteiger partial charge >= 0.3 is 0 Å². The highest BCUT2D eigenvalue weighted by Gasteiger charge is 2.26. The van der Waals surface area contributed by atoms with E-state index >= 15 is 0 Å². The van der Waals surface area contributed by atoms with E-state index in [4.69, 9.17) is 17.0 Å². The maximum Gasteiger partial charge on any atom is 0.223 e. The standard InChI is InChI=1S/C16H29N3O2S/c1-21-12-9-17-16(22)19-10-7-14(8-11-19)18-15(20)13-5-3-2-4-6-13/h13-14H,2-12H2,1H3,(H,17,22)(H,18,20). The van der Waals surface area contributed by atoms with Crippen molar-refractivity contribution in [2.45, 2.75) is 51.0 Å². The highest BCUT2D eigenvalue weighted by Crippen LogP contribution is 2.24. The first-order valence-corrected chi connectivity index (χ1v) is 8.93. The predicted octanol–water partition coefficient (Wildman–Crippen LogP) is 1.67. The first kappa shape index (κ1) is 17.5. The second kappa shape index (κ2) is 9.30. The number of nitrogens with zero attached hydrogens (tertiary/aromatic N) is 1. The molecule has 2 aliphatic rings. The Bertz CT molecular complexity index is 364. The zero-order valence-corrected chi connectivity index (χ0v) is 14.4. The largest absolute Gasteiger partial charge is 0.383 e. The molecule has 0 radical (unpaired) electrons. The number of rotatable bonds is 5. The number of ether oxygens (including phenoxy) is 1. The van der Waals surface area contributed by atoms with Crippen LogP contribution < -0.4 is 10.6 Å². The molecule has 6 heteroatoms. The second-order valence-electron chi connectivity index (χ2n) is 6.33. The van der Waals surface area contributed by atoms with Crippen molar-refractivity contribution in [3.63, 3.8) is 0 Å². The first-order chi connectivity index (χ1) is 10.7. The molecule has 0 spiro atoms. The summed E-state index contributed by atoms with van der Waals surface area (Å²) in [5, 5.41) is 7.26. The summed E-state index contributed by atoms with van der Waals surface area (Å²) in [5.41, 5.74) is 0. The van der Waals surface area contributed by atoms with Gasteiger partial charge in [-0.15, -0.1) is 0 Å². The van der Waals surface area contributed by atoms with Crippen molar-refractivity contribution in [3.8, 4) is 0 Å². The summed E-state index contributed by atoms with van der Waals surface area (Å²) in [6, 6.07) is 0.312. The molecule has 0 aromatic heterocycles. The summed E-state index contributed by atoms with van der Waals surface area (Å²) in [4.78, 5) is 14.5. The molecule has 22 heavy (non-hydrogen) atoms. The molecule has 5 nitrogen and oxygen atoms in total. The molecular weight excluding hydrogens is 298 g/mol. The summed E-state index contributed by atoms with van der Waals surface area (Å²) in [5.74, 6) is 0.530. The minimum absolute atomic E-state index is 0.253. The second-order valence-corrected chi connectivity index (χ2v) is 6.72. The van der Waals surface area contributed by atoms with Crippen LogP contribution in [0.5, 0.6) is 0 Å². The third-order valence-electron chi connectivity index (χ3n) is 4.69. The van der Waals surface area contributed by atoms with Gasteiger partial charge in [0.25, 0.3) is 0 Å². The number of methoxy groups -OCH3 is 1. The summed E-state index contributed by atoms with van der Waals surface area (Å²) in [6.07, 6.45) is 7.79. The lowest BCUT2D eigenvalue weighted by atomic mass is 9.88. The van der Waals surface area contributed by atoms with Gasteiger partial charge in [-0.3, -0.25) is 4.79 Å². The molecule has 1 heterocycles. The Balaban J connectivity index is 1.66. The van der Waals surface area contributed by atoms with Crippen LogP contribution in [0.3, 0.4) is 0 Å². The van der Waals surface area contributed by atoms with E-state index < -0.39 is 0 Å². The van der Waals surface area contributed by atoms with Gasteiger partial charge in [-0.25, -0.2) is 0 Å². The first-order valence-electron chi connectivity index (χ1n) is 8.53. The molecule has 1 aliphatic heterocycles. The molecule has 0 bridgehead atoms. The van der Waals surface area contributed by atoms with Crippen LogP contribution in [0.4, 0.5) is 0 Å². The van der Waals surface area contributed by atoms with Gasteiger partial charge in [0.2, 0.25) is 5.91 Å². The predicted molar refractivity (Wildman–Crippen MR) is 91.8 cm³/mol. The van der Waals surface area contributed by atoms with Gasteiger partial charge in [-0.05, 0) is 37.9 Å². The topological polar surface area (TPSA) is 53.6 Å². The van der Waals surface area contributed by atoms with Crippen molar-refractivity contribution in [3.05, 3.63) is 0 Å². The van der Waals surface area contributed by atoms with Gasteiger partial charge in [0.15, 0.2) is 5.11 Å². The van der Waals surface area contributed by atoms with Crippen LogP contribution in [-0.4, -0.2) is 55.3 Å². The number of likely N-dealkylation sites (tertiary alicyclic amines) is 1. The van der Waals surface area contributed by atoms with Crippen LogP contribution in [0.1, 0.15) is 44.9 Å². The number of amides is 1. The van der Waals surface area contributed by atoms with E-state index in [1.54, 1.807) is 7.11 Å². The van der Waals surface area contributed by atoms with Crippen LogP contribution in [0, 0.1) is 5.92 Å². The number of carbonyl (C=O) groups excluding carboxylic acids is 1. The molecule has 2 rings (SSSR count). The van der Waals surface area contributed by atoms with Crippen molar-refractivity contribution in [1.82, 2.24) is 15.5 Å². The summed E-state index contributed by atoms with van der Waals surface area (Å²) in [6.45, 7) is 3.23. The molecular formula is C16H29N3O2S. The van der Waals surface area contributed by atoms with Crippen LogP contribution in [0.15, 0.2) is 0 Å². The average molecular weight is 327 g/mol. The minimum atomic E-state index is 0.253. The Kier molecular flexibility index (Phi) is 7.39. The Morgan fingerprint density at radius 3 is 2.50 bits per heavy atom. The molecule has 1 saturated carbocycles. The Hall–Kier alpha value is -0.880. The Morgan fingerprint density at radius 1 is 1.18 bits per heavy atom. The highest BCUT2D eigenvalue weighted by molar-refractivity contribution is 7.80. The van der Waals surface area contributed by atoms with Gasteiger partial charge < -0.3 is 20.3 Å². The molecule has 1 saturated heterocycles. The van der Waals surface area contributed by atoms with Crippen LogP contribution in [0.2, 0.25) is 0 Å². The van der Waals surface area contributed by atoms with E-state index in [-0.39, 0.29) is 11.8 Å². The lowest BCUT2D eigenvalue weighted by molar-refractivity contribution is -0.126. The number of hydrogen-bond acceptors (Lipinski definition) is 3. The maximum absolute atomic E-state index is 12.3. The molecule has 0 unspecified atom stereocenters. The SMILES string of the molecule is COCCNC(=S)N1CCC(NC(=O)C2CCCCC2)CC1. The number of carbonyl (C=O) groups is 1. The maximum atomic E-state index is 12.3. The molecule has 1 aliphatic carbocycles. The normalized spacial score (nSPS) is 20.7. The van der Waals surface area contributed by atoms with E-state index in [0.717, 1.165) is 50.4 Å². The fourth-order valence-corrected chi connectivity index (χ4v) is 3.57. The quantitative estimate of drug-likeness (QED) is 0.594. The van der Waals surface area contributed by atoms with E-state index in [1.165, 1.54) is 19.3 Å². The van der Waals surface area contributed by atoms with Gasteiger partial charge in [0, 0.05) is 38.7 Å². The fraction of sp³-hybridized carbons (Fsp3) is 0.875. The third kappa shape index (κ3) is 5.39. The molecule has 2 fully saturated rings. The summed E-state index contributed by atoms with van der Waals surface area (Å²) >= 11 is 5.39. The van der Waals surface area contributed by atoms with Crippen molar-refractivity contribution in [2.24, 2.45) is 5.92 Å². The fourth-order valence-electron chi connectivity index (χ4n) is 3.28.